The average molecular weight is 300 g/mol. The van der Waals surface area contributed by atoms with Crippen LogP contribution in [0.15, 0.2) is 48.5 Å². The van der Waals surface area contributed by atoms with E-state index in [2.05, 4.69) is 0 Å². The van der Waals surface area contributed by atoms with Crippen molar-refractivity contribution >= 4 is 5.78 Å². The van der Waals surface area contributed by atoms with Gasteiger partial charge in [0.2, 0.25) is 11.5 Å². The van der Waals surface area contributed by atoms with Crippen molar-refractivity contribution < 1.29 is 19.0 Å². The van der Waals surface area contributed by atoms with Gasteiger partial charge in [-0.15, -0.1) is 0 Å². The molecule has 1 N–H and O–H groups in total. The van der Waals surface area contributed by atoms with Crippen LogP contribution in [0.5, 0.6) is 5.75 Å². The summed E-state index contributed by atoms with van der Waals surface area (Å²) in [6.07, 6.45) is -1.07. The zero-order chi connectivity index (χ0) is 15.7. The highest BCUT2D eigenvalue weighted by Gasteiger charge is 2.49. The van der Waals surface area contributed by atoms with Crippen LogP contribution in [0.1, 0.15) is 34.0 Å². The number of aryl methyl sites for hydroxylation is 1. The second-order valence-corrected chi connectivity index (χ2v) is 5.52. The van der Waals surface area contributed by atoms with E-state index in [9.17, 15) is 9.90 Å². The highest BCUT2D eigenvalue weighted by atomic mass is 19.1. The molecule has 0 spiro atoms. The van der Waals surface area contributed by atoms with Crippen molar-refractivity contribution in [1.29, 1.82) is 0 Å². The Balaban J connectivity index is 1.94. The van der Waals surface area contributed by atoms with Gasteiger partial charge in [-0.3, -0.25) is 4.79 Å². The number of methoxy groups -OCH3 is 1. The second-order valence-electron chi connectivity index (χ2n) is 5.52. The molecule has 114 valence electrons. The molecular formula is C18H17FO3. The molecule has 1 aliphatic rings. The van der Waals surface area contributed by atoms with E-state index in [1.807, 2.05) is 12.1 Å². The summed E-state index contributed by atoms with van der Waals surface area (Å²) in [4.78, 5) is 12.5. The third kappa shape index (κ3) is 2.29. The molecule has 0 amide bonds. The second kappa shape index (κ2) is 5.54. The molecule has 0 saturated carbocycles. The minimum absolute atomic E-state index is 0.0178. The molecule has 4 heteroatoms. The number of aliphatic hydroxyl groups is 1. The van der Waals surface area contributed by atoms with Gasteiger partial charge in [0.25, 0.3) is 0 Å². The normalized spacial score (nSPS) is 22.0. The fraction of sp³-hybridized carbons (Fsp3) is 0.278. The molecule has 3 rings (SSSR count). The van der Waals surface area contributed by atoms with Gasteiger partial charge in [0.15, 0.2) is 0 Å². The molecule has 22 heavy (non-hydrogen) atoms. The molecule has 3 nitrogen and oxygen atoms in total. The number of carbonyl (C=O) groups excluding carboxylic acids is 1. The van der Waals surface area contributed by atoms with Crippen LogP contribution in [0.4, 0.5) is 4.39 Å². The van der Waals surface area contributed by atoms with Gasteiger partial charge in [-0.2, -0.15) is 0 Å². The van der Waals surface area contributed by atoms with Crippen LogP contribution < -0.4 is 4.74 Å². The first-order valence-corrected chi connectivity index (χ1v) is 7.20. The van der Waals surface area contributed by atoms with Crippen molar-refractivity contribution in [3.8, 4) is 5.75 Å². The highest BCUT2D eigenvalue weighted by Crippen LogP contribution is 2.41. The molecule has 0 saturated heterocycles. The van der Waals surface area contributed by atoms with Crippen LogP contribution in [0.2, 0.25) is 0 Å². The number of ether oxygens (including phenoxy) is 1. The van der Waals surface area contributed by atoms with Gasteiger partial charge in [0, 0.05) is 5.56 Å². The van der Waals surface area contributed by atoms with Crippen molar-refractivity contribution in [3.05, 3.63) is 65.2 Å². The third-order valence-electron chi connectivity index (χ3n) is 4.26. The van der Waals surface area contributed by atoms with E-state index in [1.54, 1.807) is 36.4 Å². The van der Waals surface area contributed by atoms with Gasteiger partial charge in [0.1, 0.15) is 11.9 Å². The van der Waals surface area contributed by atoms with Gasteiger partial charge in [0.05, 0.1) is 7.11 Å². The number of rotatable bonds is 3. The Bertz CT molecular complexity index is 696. The Morgan fingerprint density at radius 3 is 2.55 bits per heavy atom. The van der Waals surface area contributed by atoms with Gasteiger partial charge in [-0.25, -0.2) is 4.39 Å². The average Bonchev–Trinajstić information content (AvgIpc) is 2.58. The van der Waals surface area contributed by atoms with Gasteiger partial charge >= 0.3 is 0 Å². The fourth-order valence-electron chi connectivity index (χ4n) is 2.93. The van der Waals surface area contributed by atoms with E-state index in [0.29, 0.717) is 23.3 Å². The lowest BCUT2D eigenvalue weighted by Crippen LogP contribution is -2.44. The Kier molecular flexibility index (Phi) is 3.71. The SMILES string of the molecule is COc1ccc([C@H](O)[C@]2(F)CCc3ccccc3C2=O)cc1. The van der Waals surface area contributed by atoms with Crippen molar-refractivity contribution in [2.45, 2.75) is 24.6 Å². The Labute approximate surface area is 128 Å². The topological polar surface area (TPSA) is 46.5 Å². The monoisotopic (exact) mass is 300 g/mol. The summed E-state index contributed by atoms with van der Waals surface area (Å²) in [5.74, 6) is -0.0261. The van der Waals surface area contributed by atoms with E-state index >= 15 is 4.39 Å². The van der Waals surface area contributed by atoms with Crippen molar-refractivity contribution in [1.82, 2.24) is 0 Å². The van der Waals surface area contributed by atoms with Crippen LogP contribution in [0.3, 0.4) is 0 Å². The lowest BCUT2D eigenvalue weighted by Gasteiger charge is -2.33. The maximum Gasteiger partial charge on any atom is 0.203 e. The number of ketones is 1. The van der Waals surface area contributed by atoms with E-state index in [4.69, 9.17) is 4.74 Å². The number of halogens is 1. The van der Waals surface area contributed by atoms with Gasteiger partial charge in [-0.05, 0) is 36.1 Å². The summed E-state index contributed by atoms with van der Waals surface area (Å²) in [6.45, 7) is 0. The number of aliphatic hydroxyl groups excluding tert-OH is 1. The van der Waals surface area contributed by atoms with E-state index in [-0.39, 0.29) is 6.42 Å². The Hall–Kier alpha value is -2.20. The quantitative estimate of drug-likeness (QED) is 0.946. The summed E-state index contributed by atoms with van der Waals surface area (Å²) in [5, 5.41) is 10.4. The summed E-state index contributed by atoms with van der Waals surface area (Å²) in [7, 11) is 1.53. The van der Waals surface area contributed by atoms with Crippen molar-refractivity contribution in [2.75, 3.05) is 7.11 Å². The largest absolute Gasteiger partial charge is 0.497 e. The molecule has 2 aromatic rings. The van der Waals surface area contributed by atoms with Crippen molar-refractivity contribution in [3.63, 3.8) is 0 Å². The van der Waals surface area contributed by atoms with Crippen LogP contribution in [0.25, 0.3) is 0 Å². The predicted octanol–water partition coefficient (Wildman–Crippen LogP) is 3.27. The van der Waals surface area contributed by atoms with E-state index in [1.165, 1.54) is 7.11 Å². The molecule has 1 aliphatic carbocycles. The zero-order valence-corrected chi connectivity index (χ0v) is 12.3. The molecule has 0 bridgehead atoms. The minimum Gasteiger partial charge on any atom is -0.497 e. The highest BCUT2D eigenvalue weighted by molar-refractivity contribution is 6.05. The van der Waals surface area contributed by atoms with E-state index in [0.717, 1.165) is 5.56 Å². The fourth-order valence-corrected chi connectivity index (χ4v) is 2.93. The van der Waals surface area contributed by atoms with E-state index < -0.39 is 17.6 Å². The first-order chi connectivity index (χ1) is 10.6. The number of hydrogen-bond acceptors (Lipinski definition) is 3. The molecule has 0 aliphatic heterocycles. The van der Waals surface area contributed by atoms with Crippen LogP contribution in [0, 0.1) is 0 Å². The first-order valence-electron chi connectivity index (χ1n) is 7.20. The maximum absolute atomic E-state index is 15.3. The summed E-state index contributed by atoms with van der Waals surface area (Å²) < 4.78 is 20.3. The summed E-state index contributed by atoms with van der Waals surface area (Å²) >= 11 is 0. The lowest BCUT2D eigenvalue weighted by molar-refractivity contribution is -0.00674. The standard InChI is InChI=1S/C18H17FO3/c1-22-14-8-6-13(7-9-14)16(20)18(19)11-10-12-4-2-3-5-15(12)17(18)21/h2-9,16,20H,10-11H2,1H3/t16-,18+/m0/s1. The molecule has 2 aromatic carbocycles. The van der Waals surface area contributed by atoms with Crippen LogP contribution >= 0.6 is 0 Å². The molecule has 0 heterocycles. The number of benzene rings is 2. The number of fused-ring (bicyclic) bond motifs is 1. The van der Waals surface area contributed by atoms with Crippen LogP contribution in [-0.4, -0.2) is 23.7 Å². The molecule has 0 fully saturated rings. The maximum atomic E-state index is 15.3. The summed E-state index contributed by atoms with van der Waals surface area (Å²) in [5.41, 5.74) is -0.717. The smallest absolute Gasteiger partial charge is 0.203 e. The molecule has 0 radical (unpaired) electrons. The van der Waals surface area contributed by atoms with Gasteiger partial charge < -0.3 is 9.84 Å². The minimum atomic E-state index is -2.29. The third-order valence-corrected chi connectivity index (χ3v) is 4.26. The Morgan fingerprint density at radius 1 is 1.18 bits per heavy atom. The molecule has 0 aromatic heterocycles. The first kappa shape index (κ1) is 14.7. The number of Topliss-reactive ketones (excluding diaryl/α,β-unsaturated/α-hetero) is 1. The number of carbonyl (C=O) groups is 1. The number of hydrogen-bond donors (Lipinski definition) is 1. The lowest BCUT2D eigenvalue weighted by atomic mass is 9.76. The molecular weight excluding hydrogens is 283 g/mol. The zero-order valence-electron chi connectivity index (χ0n) is 12.3. The van der Waals surface area contributed by atoms with Crippen molar-refractivity contribution in [2.24, 2.45) is 0 Å². The molecule has 2 atom stereocenters. The van der Waals surface area contributed by atoms with Gasteiger partial charge in [-0.1, -0.05) is 36.4 Å². The van der Waals surface area contributed by atoms with Crippen LogP contribution in [-0.2, 0) is 6.42 Å². The Morgan fingerprint density at radius 2 is 1.86 bits per heavy atom. The predicted molar refractivity (Wildman–Crippen MR) is 80.9 cm³/mol. The number of alkyl halides is 1. The molecule has 0 unspecified atom stereocenters. The summed E-state index contributed by atoms with van der Waals surface area (Å²) in [6, 6.07) is 13.4.